The summed E-state index contributed by atoms with van der Waals surface area (Å²) in [6.45, 7) is -1.11. The first-order valence-electron chi connectivity index (χ1n) is 18.9. The number of sulfonamides is 1. The standard InChI is InChI=1S/C38H30ClF9N10O5S/c1-3-63-19-12-49-34(50-13-19)23-11-27(60)58(25-5-4-22(39)29-31(25)57(15-37(44,45)46)54-35(29)55-64(2,61)62)36(52-23)24(8-16-6-17(40)9-18(41)7-16)51-26(59)14-56-32-28(30(53-56)33(42)43)20-10-21(20)38(32,47)48/h4-7,9,11-13,20-21,24,33H,3,8,10,14-15H2,1-2H3,(H,51,59)(H,54,55)/t20-,21+,24-/m0/s1. The summed E-state index contributed by atoms with van der Waals surface area (Å²) < 4.78 is 165. The van der Waals surface area contributed by atoms with Crippen molar-refractivity contribution in [2.45, 2.75) is 63.3 Å². The number of amides is 1. The molecule has 2 aliphatic rings. The molecular weight excluding hydrogens is 915 g/mol. The highest BCUT2D eigenvalue weighted by Gasteiger charge is 2.67. The summed E-state index contributed by atoms with van der Waals surface area (Å²) in [6.07, 6.45) is -5.94. The first kappa shape index (κ1) is 44.4. The van der Waals surface area contributed by atoms with Crippen LogP contribution in [0.1, 0.15) is 60.1 Å². The van der Waals surface area contributed by atoms with Crippen LogP contribution in [0.3, 0.4) is 0 Å². The summed E-state index contributed by atoms with van der Waals surface area (Å²) in [6, 6.07) is 3.40. The third-order valence-electron chi connectivity index (χ3n) is 10.3. The van der Waals surface area contributed by atoms with Gasteiger partial charge in [-0.3, -0.25) is 28.2 Å². The number of anilines is 1. The van der Waals surface area contributed by atoms with E-state index in [4.69, 9.17) is 16.3 Å². The van der Waals surface area contributed by atoms with Gasteiger partial charge in [-0.05, 0) is 49.1 Å². The molecule has 1 fully saturated rings. The Labute approximate surface area is 359 Å². The Morgan fingerprint density at radius 2 is 1.73 bits per heavy atom. The number of ether oxygens (including phenoxy) is 1. The smallest absolute Gasteiger partial charge is 0.408 e. The van der Waals surface area contributed by atoms with E-state index in [1.165, 1.54) is 12.4 Å². The van der Waals surface area contributed by atoms with Gasteiger partial charge in [0.2, 0.25) is 15.9 Å². The second-order valence-corrected chi connectivity index (χ2v) is 17.1. The average Bonchev–Trinajstić information content (AvgIpc) is 3.71. The molecule has 1 saturated carbocycles. The van der Waals surface area contributed by atoms with Gasteiger partial charge in [0, 0.05) is 30.0 Å². The number of hydrogen-bond acceptors (Lipinski definition) is 10. The van der Waals surface area contributed by atoms with Gasteiger partial charge in [0.15, 0.2) is 17.4 Å². The molecule has 0 aliphatic heterocycles. The van der Waals surface area contributed by atoms with Crippen LogP contribution in [0.2, 0.25) is 5.02 Å². The first-order valence-corrected chi connectivity index (χ1v) is 21.1. The highest BCUT2D eigenvalue weighted by molar-refractivity contribution is 7.92. The molecule has 3 atom stereocenters. The van der Waals surface area contributed by atoms with E-state index in [1.54, 1.807) is 6.92 Å². The number of alkyl halides is 7. The zero-order chi connectivity index (χ0) is 46.2. The van der Waals surface area contributed by atoms with Crippen LogP contribution in [0.4, 0.5) is 45.3 Å². The maximum absolute atomic E-state index is 15.5. The summed E-state index contributed by atoms with van der Waals surface area (Å²) in [5.74, 6) is -10.6. The van der Waals surface area contributed by atoms with Gasteiger partial charge < -0.3 is 10.1 Å². The van der Waals surface area contributed by atoms with Gasteiger partial charge in [-0.1, -0.05) is 11.6 Å². The van der Waals surface area contributed by atoms with Gasteiger partial charge in [0.25, 0.3) is 17.9 Å². The Kier molecular flexibility index (Phi) is 11.1. The maximum Gasteiger partial charge on any atom is 0.408 e. The van der Waals surface area contributed by atoms with Crippen LogP contribution in [0, 0.1) is 17.6 Å². The van der Waals surface area contributed by atoms with Crippen LogP contribution in [0.25, 0.3) is 28.1 Å². The Morgan fingerprint density at radius 1 is 1.05 bits per heavy atom. The fraction of sp³-hybridized carbons (Fsp3) is 0.342. The Bertz CT molecular complexity index is 3000. The van der Waals surface area contributed by atoms with Gasteiger partial charge in [-0.2, -0.15) is 32.1 Å². The van der Waals surface area contributed by atoms with E-state index < -0.39 is 129 Å². The molecule has 2 aromatic carbocycles. The van der Waals surface area contributed by atoms with Crippen molar-refractivity contribution in [3.8, 4) is 23.0 Å². The van der Waals surface area contributed by atoms with Crippen LogP contribution in [-0.2, 0) is 40.3 Å². The topological polar surface area (TPSA) is 181 Å². The quantitative estimate of drug-likeness (QED) is 0.111. The van der Waals surface area contributed by atoms with Gasteiger partial charge in [0.1, 0.15) is 47.6 Å². The van der Waals surface area contributed by atoms with Crippen molar-refractivity contribution >= 4 is 44.3 Å². The van der Waals surface area contributed by atoms with Crippen molar-refractivity contribution in [2.75, 3.05) is 17.6 Å². The highest BCUT2D eigenvalue weighted by Crippen LogP contribution is 2.68. The van der Waals surface area contributed by atoms with Crippen molar-refractivity contribution in [2.24, 2.45) is 5.92 Å². The maximum atomic E-state index is 15.5. The number of nitrogens with zero attached hydrogens (tertiary/aromatic N) is 8. The Balaban J connectivity index is 1.35. The van der Waals surface area contributed by atoms with Crippen LogP contribution in [-0.4, -0.2) is 72.4 Å². The second-order valence-electron chi connectivity index (χ2n) is 14.9. The minimum atomic E-state index is -5.02. The number of nitrogens with one attached hydrogen (secondary N) is 2. The van der Waals surface area contributed by atoms with E-state index in [-0.39, 0.29) is 46.4 Å². The monoisotopic (exact) mass is 944 g/mol. The molecule has 2 N–H and O–H groups in total. The Hall–Kier alpha value is -6.24. The number of halogens is 10. The summed E-state index contributed by atoms with van der Waals surface area (Å²) in [7, 11) is -4.24. The fourth-order valence-electron chi connectivity index (χ4n) is 7.88. The lowest BCUT2D eigenvalue weighted by Gasteiger charge is -2.24. The molecule has 4 aromatic heterocycles. The molecule has 2 aliphatic carbocycles. The number of carbonyl (C=O) groups excluding carboxylic acids is 1. The van der Waals surface area contributed by atoms with E-state index in [0.29, 0.717) is 26.3 Å². The number of rotatable bonds is 14. The lowest BCUT2D eigenvalue weighted by atomic mass is 10.0. The van der Waals surface area contributed by atoms with E-state index in [1.807, 2.05) is 4.72 Å². The summed E-state index contributed by atoms with van der Waals surface area (Å²) in [4.78, 5) is 41.5. The van der Waals surface area contributed by atoms with Crippen LogP contribution in [0.15, 0.2) is 53.6 Å². The van der Waals surface area contributed by atoms with E-state index in [2.05, 4.69) is 30.5 Å². The minimum absolute atomic E-state index is 0.0763. The molecule has 0 radical (unpaired) electrons. The normalized spacial score (nSPS) is 17.1. The molecule has 338 valence electrons. The van der Waals surface area contributed by atoms with Gasteiger partial charge in [-0.15, -0.1) is 0 Å². The molecule has 26 heteroatoms. The number of aromatic nitrogens is 8. The molecule has 1 amide bonds. The molecule has 64 heavy (non-hydrogen) atoms. The van der Waals surface area contributed by atoms with Gasteiger partial charge in [0.05, 0.1) is 52.9 Å². The third kappa shape index (κ3) is 8.56. The highest BCUT2D eigenvalue weighted by atomic mass is 35.5. The average molecular weight is 945 g/mol. The van der Waals surface area contributed by atoms with Gasteiger partial charge in [-0.25, -0.2) is 40.9 Å². The molecule has 8 rings (SSSR count). The first-order chi connectivity index (χ1) is 30.0. The second kappa shape index (κ2) is 16.1. The zero-order valence-electron chi connectivity index (χ0n) is 32.8. The van der Waals surface area contributed by atoms with Gasteiger partial charge >= 0.3 is 6.18 Å². The molecule has 6 aromatic rings. The fourth-order valence-corrected chi connectivity index (χ4v) is 8.62. The molecule has 0 unspecified atom stereocenters. The summed E-state index contributed by atoms with van der Waals surface area (Å²) >= 11 is 6.46. The van der Waals surface area contributed by atoms with Crippen molar-refractivity contribution < 1.29 is 57.5 Å². The zero-order valence-corrected chi connectivity index (χ0v) is 34.3. The molecular formula is C38H30ClF9N10O5S. The van der Waals surface area contributed by atoms with Crippen LogP contribution < -0.4 is 20.3 Å². The molecule has 0 saturated heterocycles. The van der Waals surface area contributed by atoms with Crippen LogP contribution in [0.5, 0.6) is 5.75 Å². The SMILES string of the molecule is CCOc1cnc(-c2cc(=O)n(-c3ccc(Cl)c4c(NS(C)(=O)=O)nn(CC(F)(F)F)c34)c([C@H](Cc3cc(F)cc(F)c3)NC(=O)Cn3nc(C(F)F)c4c3C(F)(F)[C@@H]3C[C@H]43)n2)nc1. The molecule has 4 heterocycles. The minimum Gasteiger partial charge on any atom is -0.491 e. The van der Waals surface area contributed by atoms with Crippen molar-refractivity contribution in [1.29, 1.82) is 0 Å². The van der Waals surface area contributed by atoms with Crippen molar-refractivity contribution in [1.82, 2.24) is 44.4 Å². The number of fused-ring (bicyclic) bond motifs is 4. The molecule has 0 spiro atoms. The summed E-state index contributed by atoms with van der Waals surface area (Å²) in [5.41, 5.74) is -4.97. The molecule has 0 bridgehead atoms. The predicted octanol–water partition coefficient (Wildman–Crippen LogP) is 6.75. The van der Waals surface area contributed by atoms with Crippen molar-refractivity contribution in [3.63, 3.8) is 0 Å². The Morgan fingerprint density at radius 3 is 2.36 bits per heavy atom. The van der Waals surface area contributed by atoms with E-state index in [0.717, 1.165) is 30.3 Å². The number of carbonyl (C=O) groups is 1. The lowest BCUT2D eigenvalue weighted by Crippen LogP contribution is -2.38. The largest absolute Gasteiger partial charge is 0.491 e. The lowest BCUT2D eigenvalue weighted by molar-refractivity contribution is -0.141. The third-order valence-corrected chi connectivity index (χ3v) is 11.1. The predicted molar refractivity (Wildman–Crippen MR) is 208 cm³/mol. The molecule has 15 nitrogen and oxygen atoms in total. The van der Waals surface area contributed by atoms with Crippen LogP contribution >= 0.6 is 11.6 Å². The van der Waals surface area contributed by atoms with E-state index in [9.17, 15) is 48.7 Å². The summed E-state index contributed by atoms with van der Waals surface area (Å²) in [5, 5.41) is 9.17. The number of hydrogen-bond donors (Lipinski definition) is 2. The van der Waals surface area contributed by atoms with E-state index >= 15 is 8.78 Å². The van der Waals surface area contributed by atoms with Crippen molar-refractivity contribution in [3.05, 3.63) is 104 Å². The number of benzene rings is 2.